The van der Waals surface area contributed by atoms with E-state index in [1.165, 1.54) is 18.6 Å². The van der Waals surface area contributed by atoms with Crippen molar-refractivity contribution in [3.8, 4) is 0 Å². The van der Waals surface area contributed by atoms with Crippen LogP contribution in [0.4, 0.5) is 0 Å². The molecule has 0 bridgehead atoms. The Morgan fingerprint density at radius 3 is 2.53 bits per heavy atom. The van der Waals surface area contributed by atoms with Gasteiger partial charge in [0.15, 0.2) is 0 Å². The van der Waals surface area contributed by atoms with E-state index in [4.69, 9.17) is 0 Å². The molecule has 2 saturated heterocycles. The van der Waals surface area contributed by atoms with E-state index in [0.717, 1.165) is 31.2 Å². The molecule has 0 aliphatic carbocycles. The summed E-state index contributed by atoms with van der Waals surface area (Å²) in [5.74, 6) is 1.78. The lowest BCUT2D eigenvalue weighted by molar-refractivity contribution is -0.135. The first-order valence-electron chi connectivity index (χ1n) is 7.74. The van der Waals surface area contributed by atoms with Gasteiger partial charge in [0.2, 0.25) is 5.91 Å². The molecule has 0 saturated carbocycles. The highest BCUT2D eigenvalue weighted by atomic mass is 32.2. The monoisotopic (exact) mass is 284 g/mol. The number of likely N-dealkylation sites (tertiary alicyclic amines) is 1. The smallest absolute Gasteiger partial charge is 0.225 e. The summed E-state index contributed by atoms with van der Waals surface area (Å²) < 4.78 is 0. The molecule has 1 amide bonds. The lowest BCUT2D eigenvalue weighted by Crippen LogP contribution is -2.51. The molecule has 4 heteroatoms. The maximum absolute atomic E-state index is 11.9. The van der Waals surface area contributed by atoms with Crippen LogP contribution >= 0.6 is 11.8 Å². The maximum atomic E-state index is 11.9. The molecular formula is C15H28N2OS. The molecule has 0 aromatic heterocycles. The number of carbonyl (C=O) groups excluding carboxylic acids is 1. The van der Waals surface area contributed by atoms with E-state index in [9.17, 15) is 4.79 Å². The summed E-state index contributed by atoms with van der Waals surface area (Å²) in [5, 5.41) is 4.58. The molecule has 19 heavy (non-hydrogen) atoms. The van der Waals surface area contributed by atoms with Gasteiger partial charge < -0.3 is 10.2 Å². The van der Waals surface area contributed by atoms with Crippen molar-refractivity contribution in [2.45, 2.75) is 63.8 Å². The van der Waals surface area contributed by atoms with E-state index in [0.29, 0.717) is 18.0 Å². The highest BCUT2D eigenvalue weighted by Gasteiger charge is 2.28. The molecule has 2 heterocycles. The third kappa shape index (κ3) is 4.12. The Morgan fingerprint density at radius 1 is 1.26 bits per heavy atom. The number of piperidine rings is 1. The van der Waals surface area contributed by atoms with Crippen LogP contribution in [0.25, 0.3) is 0 Å². The van der Waals surface area contributed by atoms with Gasteiger partial charge in [-0.15, -0.1) is 0 Å². The maximum Gasteiger partial charge on any atom is 0.225 e. The van der Waals surface area contributed by atoms with Gasteiger partial charge in [-0.1, -0.05) is 20.8 Å². The van der Waals surface area contributed by atoms with Crippen molar-refractivity contribution >= 4 is 17.7 Å². The lowest BCUT2D eigenvalue weighted by atomic mass is 10.00. The Bertz CT molecular complexity index is 301. The van der Waals surface area contributed by atoms with Gasteiger partial charge in [0.25, 0.3) is 0 Å². The second-order valence-electron chi connectivity index (χ2n) is 6.25. The highest BCUT2D eigenvalue weighted by molar-refractivity contribution is 7.99. The van der Waals surface area contributed by atoms with E-state index in [1.54, 1.807) is 0 Å². The van der Waals surface area contributed by atoms with Crippen LogP contribution in [0.2, 0.25) is 0 Å². The fourth-order valence-corrected chi connectivity index (χ4v) is 4.23. The Labute approximate surface area is 121 Å². The number of rotatable bonds is 3. The molecule has 0 radical (unpaired) electrons. The van der Waals surface area contributed by atoms with E-state index in [2.05, 4.69) is 24.0 Å². The molecule has 110 valence electrons. The summed E-state index contributed by atoms with van der Waals surface area (Å²) in [6.07, 6.45) is 4.90. The van der Waals surface area contributed by atoms with Crippen LogP contribution in [0.1, 0.15) is 46.5 Å². The zero-order valence-corrected chi connectivity index (χ0v) is 13.3. The van der Waals surface area contributed by atoms with Gasteiger partial charge in [-0.3, -0.25) is 4.79 Å². The number of hydrogen-bond acceptors (Lipinski definition) is 3. The number of nitrogens with one attached hydrogen (secondary N) is 1. The summed E-state index contributed by atoms with van der Waals surface area (Å²) in [5.41, 5.74) is 0. The fourth-order valence-electron chi connectivity index (χ4n) is 3.08. The van der Waals surface area contributed by atoms with Crippen molar-refractivity contribution in [2.75, 3.05) is 18.8 Å². The third-order valence-corrected chi connectivity index (χ3v) is 5.74. The summed E-state index contributed by atoms with van der Waals surface area (Å²) >= 11 is 2.10. The van der Waals surface area contributed by atoms with Crippen LogP contribution < -0.4 is 5.32 Å². The van der Waals surface area contributed by atoms with Gasteiger partial charge in [-0.25, -0.2) is 0 Å². The molecule has 2 atom stereocenters. The summed E-state index contributed by atoms with van der Waals surface area (Å²) in [7, 11) is 0. The molecule has 2 unspecified atom stereocenters. The van der Waals surface area contributed by atoms with Crippen molar-refractivity contribution in [3.05, 3.63) is 0 Å². The first kappa shape index (κ1) is 15.2. The summed E-state index contributed by atoms with van der Waals surface area (Å²) in [6, 6.07) is 1.29. The average Bonchev–Trinajstić information content (AvgIpc) is 2.41. The minimum absolute atomic E-state index is 0.138. The Hall–Kier alpha value is -0.220. The normalized spacial score (nSPS) is 29.8. The number of hydrogen-bond donors (Lipinski definition) is 1. The van der Waals surface area contributed by atoms with Crippen LogP contribution in [0, 0.1) is 5.92 Å². The van der Waals surface area contributed by atoms with Crippen molar-refractivity contribution in [1.82, 2.24) is 10.2 Å². The van der Waals surface area contributed by atoms with Crippen LogP contribution in [0.5, 0.6) is 0 Å². The van der Waals surface area contributed by atoms with E-state index in [1.807, 2.05) is 18.7 Å². The molecule has 2 aliphatic heterocycles. The molecule has 2 fully saturated rings. The topological polar surface area (TPSA) is 32.3 Å². The summed E-state index contributed by atoms with van der Waals surface area (Å²) in [6.45, 7) is 8.20. The van der Waals surface area contributed by atoms with Crippen LogP contribution in [0.3, 0.4) is 0 Å². The van der Waals surface area contributed by atoms with Gasteiger partial charge in [0.1, 0.15) is 0 Å². The zero-order chi connectivity index (χ0) is 13.8. The molecular weight excluding hydrogens is 256 g/mol. The molecule has 3 nitrogen and oxygen atoms in total. The largest absolute Gasteiger partial charge is 0.342 e. The molecule has 2 aliphatic rings. The Balaban J connectivity index is 1.75. The van der Waals surface area contributed by atoms with Crippen LogP contribution in [0.15, 0.2) is 0 Å². The molecule has 0 aromatic rings. The number of thioether (sulfide) groups is 1. The van der Waals surface area contributed by atoms with E-state index in [-0.39, 0.29) is 5.92 Å². The first-order chi connectivity index (χ1) is 9.08. The van der Waals surface area contributed by atoms with Crippen LogP contribution in [-0.2, 0) is 4.79 Å². The SMILES string of the molecule is CC(C)C(=O)N1CCC(NC2CCCSC2C)CC1. The standard InChI is InChI=1S/C15H28N2OS/c1-11(2)15(18)17-8-6-13(7-9-17)16-14-5-4-10-19-12(14)3/h11-14,16H,4-10H2,1-3H3. The molecule has 2 rings (SSSR count). The van der Waals surface area contributed by atoms with Gasteiger partial charge in [-0.05, 0) is 31.4 Å². The molecule has 0 aromatic carbocycles. The zero-order valence-electron chi connectivity index (χ0n) is 12.5. The first-order valence-corrected chi connectivity index (χ1v) is 8.79. The predicted molar refractivity (Wildman–Crippen MR) is 82.5 cm³/mol. The van der Waals surface area contributed by atoms with E-state index < -0.39 is 0 Å². The minimum Gasteiger partial charge on any atom is -0.342 e. The number of carbonyl (C=O) groups is 1. The van der Waals surface area contributed by atoms with Gasteiger partial charge in [0.05, 0.1) is 0 Å². The van der Waals surface area contributed by atoms with Crippen LogP contribution in [-0.4, -0.2) is 47.0 Å². The third-order valence-electron chi connectivity index (χ3n) is 4.36. The quantitative estimate of drug-likeness (QED) is 0.864. The van der Waals surface area contributed by atoms with Crippen molar-refractivity contribution < 1.29 is 4.79 Å². The van der Waals surface area contributed by atoms with Gasteiger partial charge in [0, 0.05) is 36.3 Å². The average molecular weight is 284 g/mol. The number of nitrogens with zero attached hydrogens (tertiary/aromatic N) is 1. The minimum atomic E-state index is 0.138. The predicted octanol–water partition coefficient (Wildman–Crippen LogP) is 2.51. The van der Waals surface area contributed by atoms with Gasteiger partial charge >= 0.3 is 0 Å². The molecule has 1 N–H and O–H groups in total. The number of amides is 1. The second kappa shape index (κ2) is 6.98. The van der Waals surface area contributed by atoms with Gasteiger partial charge in [-0.2, -0.15) is 11.8 Å². The van der Waals surface area contributed by atoms with Crippen molar-refractivity contribution in [3.63, 3.8) is 0 Å². The fraction of sp³-hybridized carbons (Fsp3) is 0.933. The Kier molecular flexibility index (Phi) is 5.58. The van der Waals surface area contributed by atoms with Crippen molar-refractivity contribution in [1.29, 1.82) is 0 Å². The lowest BCUT2D eigenvalue weighted by Gasteiger charge is -2.38. The van der Waals surface area contributed by atoms with Crippen molar-refractivity contribution in [2.24, 2.45) is 5.92 Å². The Morgan fingerprint density at radius 2 is 1.95 bits per heavy atom. The molecule has 0 spiro atoms. The highest BCUT2D eigenvalue weighted by Crippen LogP contribution is 2.26. The second-order valence-corrected chi connectivity index (χ2v) is 7.73. The van der Waals surface area contributed by atoms with E-state index >= 15 is 0 Å². The summed E-state index contributed by atoms with van der Waals surface area (Å²) in [4.78, 5) is 14.0.